The first-order chi connectivity index (χ1) is 6.50. The van der Waals surface area contributed by atoms with E-state index >= 15 is 0 Å². The zero-order chi connectivity index (χ0) is 10.7. The largest absolute Gasteiger partial charge is 0.302 e. The minimum Gasteiger partial charge on any atom is -0.302 e. The van der Waals surface area contributed by atoms with E-state index in [1.54, 1.807) is 19.0 Å². The van der Waals surface area contributed by atoms with Crippen molar-refractivity contribution in [2.24, 2.45) is 0 Å². The third-order valence-corrected chi connectivity index (χ3v) is 2.01. The molecule has 0 N–H and O–H groups in total. The topological polar surface area (TPSA) is 20.3 Å². The van der Waals surface area contributed by atoms with E-state index in [2.05, 4.69) is 0 Å². The van der Waals surface area contributed by atoms with E-state index < -0.39 is 5.82 Å². The van der Waals surface area contributed by atoms with Gasteiger partial charge in [0.05, 0.1) is 11.6 Å². The summed E-state index contributed by atoms with van der Waals surface area (Å²) in [6, 6.07) is 4.07. The van der Waals surface area contributed by atoms with Gasteiger partial charge in [-0.2, -0.15) is 0 Å². The molecule has 0 aromatic heterocycles. The Labute approximate surface area is 87.3 Å². The number of carbonyl (C=O) groups is 1. The Morgan fingerprint density at radius 2 is 2.14 bits per heavy atom. The van der Waals surface area contributed by atoms with Gasteiger partial charge in [0.1, 0.15) is 5.82 Å². The smallest absolute Gasteiger partial charge is 0.176 e. The maximum atomic E-state index is 13.0. The molecule has 0 unspecified atom stereocenters. The summed E-state index contributed by atoms with van der Waals surface area (Å²) in [5.74, 6) is -0.679. The summed E-state index contributed by atoms with van der Waals surface area (Å²) in [4.78, 5) is 13.2. The SMILES string of the molecule is CN(C)CC(=O)c1ccc(Cl)c(F)c1. The van der Waals surface area contributed by atoms with Crippen LogP contribution in [0.2, 0.25) is 5.02 Å². The lowest BCUT2D eigenvalue weighted by Crippen LogP contribution is -2.21. The number of Topliss-reactive ketones (excluding diaryl/α,β-unsaturated/α-hetero) is 1. The Morgan fingerprint density at radius 1 is 1.50 bits per heavy atom. The highest BCUT2D eigenvalue weighted by Crippen LogP contribution is 2.15. The second-order valence-electron chi connectivity index (χ2n) is 3.29. The first kappa shape index (κ1) is 11.1. The van der Waals surface area contributed by atoms with Gasteiger partial charge in [0.2, 0.25) is 0 Å². The van der Waals surface area contributed by atoms with Crippen molar-refractivity contribution in [1.82, 2.24) is 4.90 Å². The van der Waals surface area contributed by atoms with Crippen molar-refractivity contribution in [3.63, 3.8) is 0 Å². The molecule has 0 aliphatic carbocycles. The molecular weight excluding hydrogens is 205 g/mol. The summed E-state index contributed by atoms with van der Waals surface area (Å²) in [6.07, 6.45) is 0. The molecule has 0 bridgehead atoms. The third-order valence-electron chi connectivity index (χ3n) is 1.70. The zero-order valence-electron chi connectivity index (χ0n) is 8.05. The number of hydrogen-bond acceptors (Lipinski definition) is 2. The molecule has 0 spiro atoms. The summed E-state index contributed by atoms with van der Waals surface area (Å²) >= 11 is 5.49. The highest BCUT2D eigenvalue weighted by molar-refractivity contribution is 6.30. The third kappa shape index (κ3) is 2.79. The average molecular weight is 216 g/mol. The van der Waals surface area contributed by atoms with Crippen molar-refractivity contribution < 1.29 is 9.18 Å². The number of nitrogens with zero attached hydrogens (tertiary/aromatic N) is 1. The molecule has 0 aliphatic heterocycles. The van der Waals surface area contributed by atoms with Crippen molar-refractivity contribution in [2.45, 2.75) is 0 Å². The lowest BCUT2D eigenvalue weighted by Gasteiger charge is -2.08. The summed E-state index contributed by atoms with van der Waals surface area (Å²) in [5, 5.41) is 0.0337. The summed E-state index contributed by atoms with van der Waals surface area (Å²) < 4.78 is 13.0. The minimum atomic E-state index is -0.559. The molecule has 0 radical (unpaired) electrons. The van der Waals surface area contributed by atoms with E-state index in [1.165, 1.54) is 12.1 Å². The lowest BCUT2D eigenvalue weighted by molar-refractivity contribution is 0.0957. The van der Waals surface area contributed by atoms with Gasteiger partial charge in [0.15, 0.2) is 5.78 Å². The molecule has 4 heteroatoms. The fraction of sp³-hybridized carbons (Fsp3) is 0.300. The predicted molar refractivity (Wildman–Crippen MR) is 54.3 cm³/mol. The molecule has 14 heavy (non-hydrogen) atoms. The number of benzene rings is 1. The average Bonchev–Trinajstić information content (AvgIpc) is 2.08. The molecule has 1 aromatic carbocycles. The highest BCUT2D eigenvalue weighted by Gasteiger charge is 2.09. The molecule has 1 rings (SSSR count). The van der Waals surface area contributed by atoms with Crippen LogP contribution >= 0.6 is 11.6 Å². The highest BCUT2D eigenvalue weighted by atomic mass is 35.5. The van der Waals surface area contributed by atoms with Crippen molar-refractivity contribution in [3.8, 4) is 0 Å². The van der Waals surface area contributed by atoms with Gasteiger partial charge >= 0.3 is 0 Å². The van der Waals surface area contributed by atoms with Crippen molar-refractivity contribution in [2.75, 3.05) is 20.6 Å². The summed E-state index contributed by atoms with van der Waals surface area (Å²) in [7, 11) is 3.56. The predicted octanol–water partition coefficient (Wildman–Crippen LogP) is 2.22. The number of hydrogen-bond donors (Lipinski definition) is 0. The van der Waals surface area contributed by atoms with Crippen LogP contribution in [0.5, 0.6) is 0 Å². The molecule has 0 fully saturated rings. The van der Waals surface area contributed by atoms with E-state index in [1.807, 2.05) is 0 Å². The number of likely N-dealkylation sites (N-methyl/N-ethyl adjacent to an activating group) is 1. The number of carbonyl (C=O) groups excluding carboxylic acids is 1. The molecule has 1 aromatic rings. The van der Waals surface area contributed by atoms with E-state index in [0.29, 0.717) is 5.56 Å². The molecule has 0 heterocycles. The molecule has 0 amide bonds. The normalized spacial score (nSPS) is 10.6. The first-order valence-corrected chi connectivity index (χ1v) is 4.51. The van der Waals surface area contributed by atoms with Crippen LogP contribution < -0.4 is 0 Å². The number of ketones is 1. The second kappa shape index (κ2) is 4.53. The van der Waals surface area contributed by atoms with Crippen LogP contribution in [-0.2, 0) is 0 Å². The Hall–Kier alpha value is -0.930. The summed E-state index contributed by atoms with van der Waals surface area (Å²) in [6.45, 7) is 0.265. The first-order valence-electron chi connectivity index (χ1n) is 4.13. The van der Waals surface area contributed by atoms with Crippen LogP contribution in [0.3, 0.4) is 0 Å². The number of rotatable bonds is 3. The summed E-state index contributed by atoms with van der Waals surface area (Å²) in [5.41, 5.74) is 0.348. The maximum Gasteiger partial charge on any atom is 0.176 e. The molecule has 0 saturated carbocycles. The molecular formula is C10H11ClFNO. The van der Waals surface area contributed by atoms with E-state index in [0.717, 1.165) is 6.07 Å². The standard InChI is InChI=1S/C10H11ClFNO/c1-13(2)6-10(14)7-3-4-8(11)9(12)5-7/h3-5H,6H2,1-2H3. The van der Waals surface area contributed by atoms with Crippen LogP contribution in [0, 0.1) is 5.82 Å². The van der Waals surface area contributed by atoms with Gasteiger partial charge in [-0.25, -0.2) is 4.39 Å². The van der Waals surface area contributed by atoms with Gasteiger partial charge in [0.25, 0.3) is 0 Å². The molecule has 76 valence electrons. The lowest BCUT2D eigenvalue weighted by atomic mass is 10.1. The van der Waals surface area contributed by atoms with Crippen molar-refractivity contribution in [1.29, 1.82) is 0 Å². The fourth-order valence-corrected chi connectivity index (χ4v) is 1.17. The Balaban J connectivity index is 2.86. The quantitative estimate of drug-likeness (QED) is 0.721. The van der Waals surface area contributed by atoms with E-state index in [-0.39, 0.29) is 17.4 Å². The van der Waals surface area contributed by atoms with Gasteiger partial charge < -0.3 is 4.90 Å². The van der Waals surface area contributed by atoms with E-state index in [4.69, 9.17) is 11.6 Å². The van der Waals surface area contributed by atoms with Crippen molar-refractivity contribution >= 4 is 17.4 Å². The van der Waals surface area contributed by atoms with Crippen molar-refractivity contribution in [3.05, 3.63) is 34.6 Å². The zero-order valence-corrected chi connectivity index (χ0v) is 8.81. The maximum absolute atomic E-state index is 13.0. The Morgan fingerprint density at radius 3 is 2.64 bits per heavy atom. The van der Waals surface area contributed by atoms with Crippen LogP contribution in [0.15, 0.2) is 18.2 Å². The fourth-order valence-electron chi connectivity index (χ4n) is 1.05. The van der Waals surface area contributed by atoms with Crippen LogP contribution in [0.4, 0.5) is 4.39 Å². The van der Waals surface area contributed by atoms with Crippen LogP contribution in [0.25, 0.3) is 0 Å². The minimum absolute atomic E-state index is 0.0337. The van der Waals surface area contributed by atoms with Gasteiger partial charge in [-0.05, 0) is 32.3 Å². The molecule has 0 aliphatic rings. The van der Waals surface area contributed by atoms with Gasteiger partial charge in [0, 0.05) is 5.56 Å². The monoisotopic (exact) mass is 215 g/mol. The van der Waals surface area contributed by atoms with Gasteiger partial charge in [-0.3, -0.25) is 4.79 Å². The van der Waals surface area contributed by atoms with Gasteiger partial charge in [-0.15, -0.1) is 0 Å². The Kier molecular flexibility index (Phi) is 3.61. The molecule has 2 nitrogen and oxygen atoms in total. The molecule has 0 atom stereocenters. The second-order valence-corrected chi connectivity index (χ2v) is 3.70. The van der Waals surface area contributed by atoms with Crippen LogP contribution in [0.1, 0.15) is 10.4 Å². The van der Waals surface area contributed by atoms with Crippen LogP contribution in [-0.4, -0.2) is 31.3 Å². The van der Waals surface area contributed by atoms with E-state index in [9.17, 15) is 9.18 Å². The Bertz CT molecular complexity index is 352. The molecule has 0 saturated heterocycles. The number of halogens is 2. The van der Waals surface area contributed by atoms with Gasteiger partial charge in [-0.1, -0.05) is 11.6 Å².